The van der Waals surface area contributed by atoms with Gasteiger partial charge in [0.15, 0.2) is 11.8 Å². The number of aromatic hydroxyl groups is 1. The standard InChI is InChI=1S/C29H27ClN4O7S/c1-32(2)28(37)41-26-5-4-14-33(26)29(22-12-9-20(35)16-25(22)40-3)23-15-19(30)8-13-24(23)34(27(29)36)42(38,39)21-10-6-18(17-31)7-11-21/h6-13,15-16,26,35H,4-5,14H2,1-3H3/t26-,29?/m0/s1. The fourth-order valence-electron chi connectivity index (χ4n) is 5.53. The van der Waals surface area contributed by atoms with E-state index in [0.29, 0.717) is 12.8 Å². The van der Waals surface area contributed by atoms with Gasteiger partial charge in [0.2, 0.25) is 0 Å². The molecule has 1 saturated heterocycles. The minimum atomic E-state index is -4.53. The van der Waals surface area contributed by atoms with Crippen molar-refractivity contribution in [3.63, 3.8) is 0 Å². The van der Waals surface area contributed by atoms with Crippen molar-refractivity contribution in [2.24, 2.45) is 0 Å². The molecule has 42 heavy (non-hydrogen) atoms. The van der Waals surface area contributed by atoms with Crippen LogP contribution in [0.15, 0.2) is 65.6 Å². The van der Waals surface area contributed by atoms with Gasteiger partial charge in [0.25, 0.3) is 15.9 Å². The lowest BCUT2D eigenvalue weighted by Gasteiger charge is -2.41. The van der Waals surface area contributed by atoms with Crippen LogP contribution in [0.3, 0.4) is 0 Å². The summed E-state index contributed by atoms with van der Waals surface area (Å²) in [5.74, 6) is -0.904. The molecule has 218 valence electrons. The van der Waals surface area contributed by atoms with Gasteiger partial charge >= 0.3 is 6.09 Å². The summed E-state index contributed by atoms with van der Waals surface area (Å²) in [6.45, 7) is 0.248. The van der Waals surface area contributed by atoms with Gasteiger partial charge in [-0.05, 0) is 67.4 Å². The van der Waals surface area contributed by atoms with Crippen molar-refractivity contribution < 1.29 is 32.6 Å². The number of hydrogen-bond donors (Lipinski definition) is 1. The molecule has 2 heterocycles. The van der Waals surface area contributed by atoms with E-state index in [-0.39, 0.29) is 50.3 Å². The van der Waals surface area contributed by atoms with Crippen LogP contribution in [-0.2, 0) is 25.1 Å². The number of carbonyl (C=O) groups is 2. The number of carbonyl (C=O) groups excluding carboxylic acids is 2. The van der Waals surface area contributed by atoms with Gasteiger partial charge in [-0.15, -0.1) is 0 Å². The van der Waals surface area contributed by atoms with E-state index in [9.17, 15) is 28.4 Å². The minimum Gasteiger partial charge on any atom is -0.508 e. The first-order valence-corrected chi connectivity index (χ1v) is 14.7. The Kier molecular flexibility index (Phi) is 7.53. The van der Waals surface area contributed by atoms with Gasteiger partial charge in [-0.25, -0.2) is 22.4 Å². The summed E-state index contributed by atoms with van der Waals surface area (Å²) in [5, 5.41) is 19.7. The molecule has 3 aromatic carbocycles. The van der Waals surface area contributed by atoms with E-state index in [0.717, 1.165) is 4.31 Å². The molecule has 2 amide bonds. The van der Waals surface area contributed by atoms with Crippen LogP contribution in [0.4, 0.5) is 10.5 Å². The van der Waals surface area contributed by atoms with Crippen LogP contribution in [-0.4, -0.2) is 69.3 Å². The summed E-state index contributed by atoms with van der Waals surface area (Å²) in [6.07, 6.45) is -0.669. The number of methoxy groups -OCH3 is 1. The molecule has 1 unspecified atom stereocenters. The normalized spacial score (nSPS) is 20.2. The number of amides is 2. The van der Waals surface area contributed by atoms with Gasteiger partial charge in [-0.1, -0.05) is 11.6 Å². The van der Waals surface area contributed by atoms with E-state index in [2.05, 4.69) is 0 Å². The summed E-state index contributed by atoms with van der Waals surface area (Å²) in [6, 6.07) is 15.8. The number of fused-ring (bicyclic) bond motifs is 1. The molecule has 1 fully saturated rings. The number of likely N-dealkylation sites (tertiary alicyclic amines) is 1. The van der Waals surface area contributed by atoms with Crippen molar-refractivity contribution in [2.45, 2.75) is 29.5 Å². The highest BCUT2D eigenvalue weighted by atomic mass is 35.5. The van der Waals surface area contributed by atoms with Crippen molar-refractivity contribution in [3.8, 4) is 17.6 Å². The summed E-state index contributed by atoms with van der Waals surface area (Å²) in [7, 11) is -0.107. The van der Waals surface area contributed by atoms with Crippen LogP contribution >= 0.6 is 11.6 Å². The highest BCUT2D eigenvalue weighted by Gasteiger charge is 2.63. The zero-order chi connectivity index (χ0) is 30.4. The second-order valence-corrected chi connectivity index (χ2v) is 12.3. The smallest absolute Gasteiger partial charge is 0.410 e. The topological polar surface area (TPSA) is 140 Å². The van der Waals surface area contributed by atoms with E-state index in [1.807, 2.05) is 6.07 Å². The van der Waals surface area contributed by atoms with Crippen molar-refractivity contribution >= 4 is 39.3 Å². The van der Waals surface area contributed by atoms with Crippen LogP contribution < -0.4 is 9.04 Å². The molecule has 2 aliphatic heterocycles. The predicted molar refractivity (Wildman–Crippen MR) is 153 cm³/mol. The molecule has 0 bridgehead atoms. The molecule has 0 aromatic heterocycles. The summed E-state index contributed by atoms with van der Waals surface area (Å²) in [4.78, 5) is 30.4. The molecule has 11 nitrogen and oxygen atoms in total. The lowest BCUT2D eigenvalue weighted by atomic mass is 9.81. The molecule has 0 spiro atoms. The number of nitriles is 1. The summed E-state index contributed by atoms with van der Waals surface area (Å²) >= 11 is 6.47. The molecule has 5 rings (SSSR count). The number of rotatable bonds is 6. The van der Waals surface area contributed by atoms with Gasteiger partial charge in [-0.3, -0.25) is 4.79 Å². The molecule has 3 aromatic rings. The van der Waals surface area contributed by atoms with Gasteiger partial charge in [-0.2, -0.15) is 5.26 Å². The highest BCUT2D eigenvalue weighted by Crippen LogP contribution is 2.55. The Bertz CT molecular complexity index is 1720. The number of phenolic OH excluding ortho intramolecular Hbond substituents is 1. The first-order chi connectivity index (χ1) is 20.0. The van der Waals surface area contributed by atoms with Crippen molar-refractivity contribution in [3.05, 3.63) is 82.4 Å². The van der Waals surface area contributed by atoms with E-state index in [1.165, 1.54) is 86.8 Å². The maximum Gasteiger partial charge on any atom is 0.410 e. The Morgan fingerprint density at radius 3 is 2.48 bits per heavy atom. The van der Waals surface area contributed by atoms with Crippen LogP contribution in [0.1, 0.15) is 29.5 Å². The molecule has 0 radical (unpaired) electrons. The Labute approximate surface area is 248 Å². The number of nitrogens with zero attached hydrogens (tertiary/aromatic N) is 4. The van der Waals surface area contributed by atoms with Gasteiger partial charge < -0.3 is 19.5 Å². The van der Waals surface area contributed by atoms with E-state index < -0.39 is 33.8 Å². The number of halogens is 1. The Morgan fingerprint density at radius 1 is 1.12 bits per heavy atom. The molecule has 2 aliphatic rings. The number of benzene rings is 3. The van der Waals surface area contributed by atoms with Crippen molar-refractivity contribution in [1.82, 2.24) is 9.80 Å². The van der Waals surface area contributed by atoms with E-state index in [4.69, 9.17) is 21.1 Å². The third-order valence-corrected chi connectivity index (χ3v) is 9.33. The fourth-order valence-corrected chi connectivity index (χ4v) is 7.16. The second-order valence-electron chi connectivity index (χ2n) is 10.0. The lowest BCUT2D eigenvalue weighted by Crippen LogP contribution is -2.57. The molecule has 0 aliphatic carbocycles. The molecule has 0 saturated carbocycles. The largest absolute Gasteiger partial charge is 0.508 e. The average molecular weight is 611 g/mol. The Hall–Kier alpha value is -4.31. The zero-order valence-corrected chi connectivity index (χ0v) is 24.5. The SMILES string of the molecule is COc1cc(O)ccc1C1(N2CCC[C@@H]2OC(=O)N(C)C)C(=O)N(S(=O)(=O)c2ccc(C#N)cc2)c2ccc(Cl)cc21. The molecular formula is C29H27ClN4O7S. The predicted octanol–water partition coefficient (Wildman–Crippen LogP) is 4.03. The zero-order valence-electron chi connectivity index (χ0n) is 22.9. The number of anilines is 1. The first-order valence-electron chi connectivity index (χ1n) is 12.9. The van der Waals surface area contributed by atoms with E-state index >= 15 is 0 Å². The first kappa shape index (κ1) is 29.2. The minimum absolute atomic E-state index is 0.0495. The fraction of sp³-hybridized carbons (Fsp3) is 0.276. The molecule has 1 N–H and O–H groups in total. The maximum absolute atomic E-state index is 15.0. The van der Waals surface area contributed by atoms with Crippen LogP contribution in [0.2, 0.25) is 5.02 Å². The van der Waals surface area contributed by atoms with Gasteiger partial charge in [0.05, 0.1) is 29.3 Å². The number of phenols is 1. The maximum atomic E-state index is 15.0. The molecular weight excluding hydrogens is 584 g/mol. The van der Waals surface area contributed by atoms with Crippen molar-refractivity contribution in [2.75, 3.05) is 32.1 Å². The third kappa shape index (κ3) is 4.50. The average Bonchev–Trinajstić information content (AvgIpc) is 3.52. The lowest BCUT2D eigenvalue weighted by molar-refractivity contribution is -0.132. The summed E-state index contributed by atoms with van der Waals surface area (Å²) in [5.41, 5.74) is -1.14. The van der Waals surface area contributed by atoms with Crippen LogP contribution in [0, 0.1) is 11.3 Å². The van der Waals surface area contributed by atoms with Crippen LogP contribution in [0.5, 0.6) is 11.5 Å². The van der Waals surface area contributed by atoms with Crippen molar-refractivity contribution in [1.29, 1.82) is 5.26 Å². The third-order valence-electron chi connectivity index (χ3n) is 7.39. The Balaban J connectivity index is 1.81. The Morgan fingerprint density at radius 2 is 1.83 bits per heavy atom. The second kappa shape index (κ2) is 10.8. The quantitative estimate of drug-likeness (QED) is 0.438. The molecule has 13 heteroatoms. The number of ether oxygens (including phenoxy) is 2. The summed E-state index contributed by atoms with van der Waals surface area (Å²) < 4.78 is 40.5. The molecule has 2 atom stereocenters. The van der Waals surface area contributed by atoms with E-state index in [1.54, 1.807) is 4.90 Å². The highest BCUT2D eigenvalue weighted by molar-refractivity contribution is 7.93. The van der Waals surface area contributed by atoms with Gasteiger partial charge in [0, 0.05) is 42.9 Å². The number of sulfonamides is 1. The number of hydrogen-bond acceptors (Lipinski definition) is 9. The van der Waals surface area contributed by atoms with Gasteiger partial charge in [0.1, 0.15) is 11.5 Å². The monoisotopic (exact) mass is 610 g/mol. The van der Waals surface area contributed by atoms with Crippen LogP contribution in [0.25, 0.3) is 0 Å².